The molecule has 9 heteroatoms. The predicted octanol–water partition coefficient (Wildman–Crippen LogP) is 3.87. The maximum absolute atomic E-state index is 12.9. The van der Waals surface area contributed by atoms with E-state index in [4.69, 9.17) is 23.2 Å². The van der Waals surface area contributed by atoms with Gasteiger partial charge in [-0.1, -0.05) is 54.1 Å². The van der Waals surface area contributed by atoms with Gasteiger partial charge in [0.1, 0.15) is 5.69 Å². The first-order chi connectivity index (χ1) is 13.0. The molecule has 3 aromatic rings. The number of amides is 1. The van der Waals surface area contributed by atoms with Crippen LogP contribution in [-0.2, 0) is 0 Å². The van der Waals surface area contributed by atoms with Crippen LogP contribution < -0.4 is 10.6 Å². The van der Waals surface area contributed by atoms with Crippen LogP contribution in [0.4, 0.5) is 10.5 Å². The molecule has 0 unspecified atom stereocenters. The highest BCUT2D eigenvalue weighted by Gasteiger charge is 2.23. The number of halogens is 2. The summed E-state index contributed by atoms with van der Waals surface area (Å²) < 4.78 is 1.57. The van der Waals surface area contributed by atoms with Gasteiger partial charge in [0.05, 0.1) is 10.0 Å². The molecule has 138 valence electrons. The third-order valence-corrected chi connectivity index (χ3v) is 4.49. The first-order valence-corrected chi connectivity index (χ1v) is 8.77. The maximum atomic E-state index is 12.9. The van der Waals surface area contributed by atoms with Gasteiger partial charge in [-0.15, -0.1) is 4.68 Å². The van der Waals surface area contributed by atoms with Crippen molar-refractivity contribution in [2.75, 3.05) is 11.4 Å². The summed E-state index contributed by atoms with van der Waals surface area (Å²) in [5.74, 6) is 0. The molecule has 0 saturated heterocycles. The summed E-state index contributed by atoms with van der Waals surface area (Å²) in [4.78, 5) is 27.0. The summed E-state index contributed by atoms with van der Waals surface area (Å²) in [5.41, 5.74) is 0.852. The highest BCUT2D eigenvalue weighted by atomic mass is 35.5. The lowest BCUT2D eigenvalue weighted by atomic mass is 10.2. The van der Waals surface area contributed by atoms with Gasteiger partial charge in [0.25, 0.3) is 0 Å². The van der Waals surface area contributed by atoms with Crippen molar-refractivity contribution in [3.63, 3.8) is 0 Å². The van der Waals surface area contributed by atoms with Gasteiger partial charge in [-0.25, -0.2) is 9.59 Å². The number of rotatable bonds is 4. The Morgan fingerprint density at radius 3 is 2.48 bits per heavy atom. The molecule has 0 aliphatic rings. The van der Waals surface area contributed by atoms with Crippen LogP contribution in [0.25, 0.3) is 11.8 Å². The number of para-hydroxylation sites is 1. The van der Waals surface area contributed by atoms with Crippen LogP contribution in [0, 0.1) is 0 Å². The number of carbonyl (C=O) groups excluding carboxylic acids is 1. The van der Waals surface area contributed by atoms with Crippen LogP contribution in [0.5, 0.6) is 0 Å². The summed E-state index contributed by atoms with van der Waals surface area (Å²) >= 11 is 12.2. The molecule has 3 rings (SSSR count). The molecule has 0 spiro atoms. The van der Waals surface area contributed by atoms with E-state index in [1.54, 1.807) is 49.4 Å². The van der Waals surface area contributed by atoms with Gasteiger partial charge in [-0.2, -0.15) is 4.68 Å². The largest absolute Gasteiger partial charge is 0.377 e. The van der Waals surface area contributed by atoms with Crippen molar-refractivity contribution in [1.29, 1.82) is 0 Å². The van der Waals surface area contributed by atoms with Gasteiger partial charge in [0, 0.05) is 12.2 Å². The Morgan fingerprint density at radius 2 is 1.85 bits per heavy atom. The molecule has 27 heavy (non-hydrogen) atoms. The molecule has 1 aromatic heterocycles. The summed E-state index contributed by atoms with van der Waals surface area (Å²) in [6.45, 7) is 5.83. The van der Waals surface area contributed by atoms with E-state index in [-0.39, 0.29) is 15.7 Å². The molecule has 1 amide bonds. The minimum Gasteiger partial charge on any atom is -0.293 e. The van der Waals surface area contributed by atoms with E-state index >= 15 is 0 Å². The van der Waals surface area contributed by atoms with E-state index in [1.165, 1.54) is 4.90 Å². The second kappa shape index (κ2) is 7.77. The van der Waals surface area contributed by atoms with Crippen molar-refractivity contribution in [3.8, 4) is 5.69 Å². The van der Waals surface area contributed by atoms with Crippen molar-refractivity contribution in [3.05, 3.63) is 75.1 Å². The zero-order valence-electron chi connectivity index (χ0n) is 14.3. The standard InChI is InChI=1S/C18H15Cl2N5O2/c1-3-12-7-5-8-13(11-12)23(4-2)17(26)25-18(27)24(21-22-25)16-14(19)9-6-10-15(16)20/h3,5-11H,1,4H2,2H3. The van der Waals surface area contributed by atoms with Crippen LogP contribution >= 0.6 is 23.2 Å². The van der Waals surface area contributed by atoms with Crippen LogP contribution in [0.2, 0.25) is 10.0 Å². The Labute approximate surface area is 165 Å². The van der Waals surface area contributed by atoms with Gasteiger partial charge in [0.15, 0.2) is 0 Å². The van der Waals surface area contributed by atoms with E-state index in [2.05, 4.69) is 17.0 Å². The average Bonchev–Trinajstić information content (AvgIpc) is 3.03. The van der Waals surface area contributed by atoms with E-state index in [0.29, 0.717) is 16.9 Å². The Hall–Kier alpha value is -2.90. The predicted molar refractivity (Wildman–Crippen MR) is 106 cm³/mol. The Balaban J connectivity index is 2.04. The molecule has 0 aliphatic carbocycles. The molecule has 0 radical (unpaired) electrons. The molecule has 0 atom stereocenters. The second-order valence-electron chi connectivity index (χ2n) is 5.48. The molecule has 0 bridgehead atoms. The van der Waals surface area contributed by atoms with Crippen LogP contribution in [0.3, 0.4) is 0 Å². The topological polar surface area (TPSA) is 73.0 Å². The van der Waals surface area contributed by atoms with Gasteiger partial charge in [-0.3, -0.25) is 4.90 Å². The molecule has 0 aliphatic heterocycles. The number of hydrogen-bond donors (Lipinski definition) is 0. The fourth-order valence-corrected chi connectivity index (χ4v) is 3.12. The third-order valence-electron chi connectivity index (χ3n) is 3.88. The normalized spacial score (nSPS) is 10.6. The van der Waals surface area contributed by atoms with Crippen molar-refractivity contribution in [2.45, 2.75) is 6.92 Å². The smallest absolute Gasteiger partial charge is 0.293 e. The van der Waals surface area contributed by atoms with Gasteiger partial charge in [0.2, 0.25) is 0 Å². The SMILES string of the molecule is C=Cc1cccc(N(CC)C(=O)n2nnn(-c3c(Cl)cccc3Cl)c2=O)c1. The van der Waals surface area contributed by atoms with Gasteiger partial charge in [-0.05, 0) is 47.2 Å². The minimum absolute atomic E-state index is 0.168. The number of aromatic nitrogens is 4. The molecule has 2 aromatic carbocycles. The zero-order valence-corrected chi connectivity index (χ0v) is 15.9. The first kappa shape index (κ1) is 18.9. The van der Waals surface area contributed by atoms with Crippen molar-refractivity contribution in [2.24, 2.45) is 0 Å². The van der Waals surface area contributed by atoms with Crippen LogP contribution in [0.15, 0.2) is 53.8 Å². The lowest BCUT2D eigenvalue weighted by Gasteiger charge is -2.20. The number of benzene rings is 2. The van der Waals surface area contributed by atoms with E-state index in [9.17, 15) is 9.59 Å². The summed E-state index contributed by atoms with van der Waals surface area (Å²) in [5, 5.41) is 7.89. The zero-order chi connectivity index (χ0) is 19.6. The number of tetrazole rings is 1. The summed E-state index contributed by atoms with van der Waals surface area (Å²) in [6, 6.07) is 11.3. The molecule has 0 N–H and O–H groups in total. The molecule has 7 nitrogen and oxygen atoms in total. The number of carbonyl (C=O) groups is 1. The third kappa shape index (κ3) is 3.51. The van der Waals surface area contributed by atoms with Crippen molar-refractivity contribution in [1.82, 2.24) is 19.8 Å². The molecule has 0 saturated carbocycles. The number of nitrogens with zero attached hydrogens (tertiary/aromatic N) is 5. The Morgan fingerprint density at radius 1 is 1.19 bits per heavy atom. The number of hydrogen-bond acceptors (Lipinski definition) is 4. The van der Waals surface area contributed by atoms with Gasteiger partial charge >= 0.3 is 11.7 Å². The molecule has 1 heterocycles. The monoisotopic (exact) mass is 403 g/mol. The highest BCUT2D eigenvalue weighted by Crippen LogP contribution is 2.26. The molecular formula is C18H15Cl2N5O2. The summed E-state index contributed by atoms with van der Waals surface area (Å²) in [6.07, 6.45) is 1.67. The maximum Gasteiger partial charge on any atom is 0.377 e. The van der Waals surface area contributed by atoms with Gasteiger partial charge < -0.3 is 0 Å². The Kier molecular flexibility index (Phi) is 5.43. The fraction of sp³-hybridized carbons (Fsp3) is 0.111. The van der Waals surface area contributed by atoms with E-state index < -0.39 is 11.7 Å². The fourth-order valence-electron chi connectivity index (χ4n) is 2.56. The first-order valence-electron chi connectivity index (χ1n) is 8.01. The van der Waals surface area contributed by atoms with Crippen LogP contribution in [0.1, 0.15) is 12.5 Å². The lowest BCUT2D eigenvalue weighted by molar-refractivity contribution is 0.244. The highest BCUT2D eigenvalue weighted by molar-refractivity contribution is 6.37. The second-order valence-corrected chi connectivity index (χ2v) is 6.30. The van der Waals surface area contributed by atoms with Crippen molar-refractivity contribution < 1.29 is 4.79 Å². The lowest BCUT2D eigenvalue weighted by Crippen LogP contribution is -2.41. The molecule has 0 fully saturated rings. The molecular weight excluding hydrogens is 389 g/mol. The quantitative estimate of drug-likeness (QED) is 0.619. The van der Waals surface area contributed by atoms with E-state index in [0.717, 1.165) is 10.2 Å². The van der Waals surface area contributed by atoms with Crippen LogP contribution in [-0.4, -0.2) is 32.4 Å². The van der Waals surface area contributed by atoms with E-state index in [1.807, 2.05) is 6.07 Å². The number of anilines is 1. The van der Waals surface area contributed by atoms with Crippen molar-refractivity contribution >= 4 is 41.0 Å². The Bertz CT molecular complexity index is 1050. The summed E-state index contributed by atoms with van der Waals surface area (Å²) in [7, 11) is 0. The minimum atomic E-state index is -0.770. The average molecular weight is 404 g/mol.